The molecule has 1 aromatic carbocycles. The van der Waals surface area contributed by atoms with Gasteiger partial charge in [-0.05, 0) is 31.5 Å². The molecule has 0 aromatic heterocycles. The second-order valence-electron chi connectivity index (χ2n) is 3.30. The molecule has 0 radical (unpaired) electrons. The van der Waals surface area contributed by atoms with E-state index >= 15 is 0 Å². The Labute approximate surface area is 99.9 Å². The van der Waals surface area contributed by atoms with Gasteiger partial charge in [0.25, 0.3) is 0 Å². The summed E-state index contributed by atoms with van der Waals surface area (Å²) in [6.45, 7) is 3.57. The molecule has 0 heterocycles. The Bertz CT molecular complexity index is 400. The molecule has 0 saturated carbocycles. The fourth-order valence-electron chi connectivity index (χ4n) is 1.39. The number of aliphatic hydroxyl groups excluding tert-OH is 1. The predicted octanol–water partition coefficient (Wildman–Crippen LogP) is 3.08. The molecule has 0 fully saturated rings. The lowest BCUT2D eigenvalue weighted by Crippen LogP contribution is -2.06. The average molecular weight is 262 g/mol. The summed E-state index contributed by atoms with van der Waals surface area (Å²) in [4.78, 5) is 0. The van der Waals surface area contributed by atoms with Crippen molar-refractivity contribution in [1.29, 1.82) is 0 Å². The molecule has 1 N–H and O–H groups in total. The van der Waals surface area contributed by atoms with Gasteiger partial charge in [-0.1, -0.05) is 12.1 Å². The SMILES string of the molecule is CCOP(=O)(OCC)C(O)c1cccc(F)c1. The molecular formula is C11H16FO4P. The van der Waals surface area contributed by atoms with Gasteiger partial charge in [0.15, 0.2) is 5.85 Å². The van der Waals surface area contributed by atoms with E-state index in [9.17, 15) is 14.1 Å². The molecule has 6 heteroatoms. The van der Waals surface area contributed by atoms with Gasteiger partial charge in [0.05, 0.1) is 13.2 Å². The molecular weight excluding hydrogens is 246 g/mol. The van der Waals surface area contributed by atoms with Gasteiger partial charge in [0.2, 0.25) is 0 Å². The van der Waals surface area contributed by atoms with E-state index in [4.69, 9.17) is 9.05 Å². The monoisotopic (exact) mass is 262 g/mol. The van der Waals surface area contributed by atoms with Gasteiger partial charge in [-0.25, -0.2) is 4.39 Å². The average Bonchev–Trinajstić information content (AvgIpc) is 2.28. The molecule has 0 aliphatic rings. The molecule has 0 spiro atoms. The molecule has 1 atom stereocenters. The summed E-state index contributed by atoms with van der Waals surface area (Å²) in [5.41, 5.74) is 0.176. The molecule has 0 aliphatic heterocycles. The molecule has 0 bridgehead atoms. The third-order valence-corrected chi connectivity index (χ3v) is 4.20. The van der Waals surface area contributed by atoms with Crippen molar-refractivity contribution in [3.05, 3.63) is 35.6 Å². The Hall–Kier alpha value is -0.740. The van der Waals surface area contributed by atoms with Crippen molar-refractivity contribution in [3.8, 4) is 0 Å². The third-order valence-electron chi connectivity index (χ3n) is 2.06. The van der Waals surface area contributed by atoms with Gasteiger partial charge in [-0.3, -0.25) is 4.57 Å². The Morgan fingerprint density at radius 2 is 1.94 bits per heavy atom. The molecule has 0 aliphatic carbocycles. The van der Waals surface area contributed by atoms with Crippen LogP contribution in [0.3, 0.4) is 0 Å². The molecule has 1 rings (SSSR count). The third kappa shape index (κ3) is 3.61. The van der Waals surface area contributed by atoms with Crippen LogP contribution in [0, 0.1) is 5.82 Å². The zero-order valence-electron chi connectivity index (χ0n) is 9.80. The fourth-order valence-corrected chi connectivity index (χ4v) is 2.99. The minimum atomic E-state index is -3.66. The maximum absolute atomic E-state index is 13.0. The summed E-state index contributed by atoms with van der Waals surface area (Å²) in [7, 11) is -3.66. The van der Waals surface area contributed by atoms with Gasteiger partial charge < -0.3 is 14.2 Å². The van der Waals surface area contributed by atoms with Crippen LogP contribution in [0.15, 0.2) is 24.3 Å². The number of benzene rings is 1. The molecule has 0 saturated heterocycles. The summed E-state index contributed by atoms with van der Waals surface area (Å²) in [5, 5.41) is 9.95. The van der Waals surface area contributed by atoms with Gasteiger partial charge in [-0.2, -0.15) is 0 Å². The summed E-state index contributed by atoms with van der Waals surface area (Å²) in [6, 6.07) is 5.24. The largest absolute Gasteiger partial charge is 0.376 e. The van der Waals surface area contributed by atoms with Crippen molar-refractivity contribution >= 4 is 7.60 Å². The van der Waals surface area contributed by atoms with Crippen LogP contribution in [0.1, 0.15) is 25.3 Å². The lowest BCUT2D eigenvalue weighted by molar-refractivity contribution is 0.150. The highest BCUT2D eigenvalue weighted by molar-refractivity contribution is 7.54. The first-order valence-electron chi connectivity index (χ1n) is 5.35. The molecule has 0 amide bonds. The van der Waals surface area contributed by atoms with Crippen LogP contribution in [0.4, 0.5) is 4.39 Å². The van der Waals surface area contributed by atoms with Crippen LogP contribution < -0.4 is 0 Å². The normalized spacial score (nSPS) is 13.6. The first-order chi connectivity index (χ1) is 8.03. The minimum Gasteiger partial charge on any atom is -0.376 e. The van der Waals surface area contributed by atoms with E-state index in [1.807, 2.05) is 0 Å². The first kappa shape index (κ1) is 14.3. The standard InChI is InChI=1S/C11H16FO4P/c1-3-15-17(14,16-4-2)11(13)9-6-5-7-10(12)8-9/h5-8,11,13H,3-4H2,1-2H3. The van der Waals surface area contributed by atoms with Crippen molar-refractivity contribution in [1.82, 2.24) is 0 Å². The number of halogens is 1. The zero-order chi connectivity index (χ0) is 12.9. The van der Waals surface area contributed by atoms with E-state index in [2.05, 4.69) is 0 Å². The quantitative estimate of drug-likeness (QED) is 0.800. The Morgan fingerprint density at radius 3 is 2.41 bits per heavy atom. The minimum absolute atomic E-state index is 0.143. The Kier molecular flexibility index (Phi) is 5.28. The highest BCUT2D eigenvalue weighted by atomic mass is 31.2. The van der Waals surface area contributed by atoms with Crippen LogP contribution >= 0.6 is 7.60 Å². The number of hydrogen-bond acceptors (Lipinski definition) is 4. The molecule has 1 unspecified atom stereocenters. The first-order valence-corrected chi connectivity index (χ1v) is 6.97. The Morgan fingerprint density at radius 1 is 1.35 bits per heavy atom. The smallest absolute Gasteiger partial charge is 0.363 e. The van der Waals surface area contributed by atoms with Crippen LogP contribution in [0.25, 0.3) is 0 Å². The second-order valence-corrected chi connectivity index (χ2v) is 5.39. The molecule has 1 aromatic rings. The fraction of sp³-hybridized carbons (Fsp3) is 0.455. The van der Waals surface area contributed by atoms with Crippen LogP contribution in [0.2, 0.25) is 0 Å². The van der Waals surface area contributed by atoms with Crippen LogP contribution in [0.5, 0.6) is 0 Å². The number of aliphatic hydroxyl groups is 1. The van der Waals surface area contributed by atoms with Gasteiger partial charge in [-0.15, -0.1) is 0 Å². The summed E-state index contributed by atoms with van der Waals surface area (Å²) < 4.78 is 35.2. The van der Waals surface area contributed by atoms with E-state index < -0.39 is 19.3 Å². The zero-order valence-corrected chi connectivity index (χ0v) is 10.7. The van der Waals surface area contributed by atoms with Crippen molar-refractivity contribution in [2.45, 2.75) is 19.7 Å². The van der Waals surface area contributed by atoms with E-state index in [-0.39, 0.29) is 18.8 Å². The number of rotatable bonds is 6. The van der Waals surface area contributed by atoms with Crippen molar-refractivity contribution in [2.75, 3.05) is 13.2 Å². The van der Waals surface area contributed by atoms with Crippen LogP contribution in [-0.2, 0) is 13.6 Å². The van der Waals surface area contributed by atoms with Crippen molar-refractivity contribution in [3.63, 3.8) is 0 Å². The van der Waals surface area contributed by atoms with E-state index in [1.165, 1.54) is 18.2 Å². The van der Waals surface area contributed by atoms with E-state index in [0.717, 1.165) is 6.07 Å². The number of hydrogen-bond donors (Lipinski definition) is 1. The van der Waals surface area contributed by atoms with Crippen molar-refractivity contribution < 1.29 is 23.1 Å². The molecule has 4 nitrogen and oxygen atoms in total. The lowest BCUT2D eigenvalue weighted by Gasteiger charge is -2.22. The highest BCUT2D eigenvalue weighted by Gasteiger charge is 2.35. The molecule has 96 valence electrons. The summed E-state index contributed by atoms with van der Waals surface area (Å²) in [5.74, 6) is -1.99. The topological polar surface area (TPSA) is 55.8 Å². The lowest BCUT2D eigenvalue weighted by atomic mass is 10.2. The molecule has 17 heavy (non-hydrogen) atoms. The highest BCUT2D eigenvalue weighted by Crippen LogP contribution is 2.59. The van der Waals surface area contributed by atoms with Crippen LogP contribution in [-0.4, -0.2) is 18.3 Å². The Balaban J connectivity index is 2.99. The summed E-state index contributed by atoms with van der Waals surface area (Å²) >= 11 is 0. The van der Waals surface area contributed by atoms with Gasteiger partial charge >= 0.3 is 7.60 Å². The second kappa shape index (κ2) is 6.26. The van der Waals surface area contributed by atoms with Crippen molar-refractivity contribution in [2.24, 2.45) is 0 Å². The van der Waals surface area contributed by atoms with E-state index in [1.54, 1.807) is 13.8 Å². The predicted molar refractivity (Wildman–Crippen MR) is 62.2 cm³/mol. The van der Waals surface area contributed by atoms with Gasteiger partial charge in [0, 0.05) is 0 Å². The summed E-state index contributed by atoms with van der Waals surface area (Å²) in [6.07, 6.45) is 0. The maximum Gasteiger partial charge on any atom is 0.363 e. The maximum atomic E-state index is 13.0. The van der Waals surface area contributed by atoms with E-state index in [0.29, 0.717) is 0 Å². The van der Waals surface area contributed by atoms with Gasteiger partial charge in [0.1, 0.15) is 5.82 Å².